The monoisotopic (exact) mass is 338 g/mol. The average molecular weight is 338 g/mol. The van der Waals surface area contributed by atoms with Crippen LogP contribution in [0.1, 0.15) is 49.7 Å². The molecular formula is C18H22N6O. The molecule has 0 radical (unpaired) electrons. The molecule has 2 aromatic heterocycles. The molecule has 3 aromatic rings. The summed E-state index contributed by atoms with van der Waals surface area (Å²) in [6, 6.07) is 8.25. The highest BCUT2D eigenvalue weighted by atomic mass is 16.1. The van der Waals surface area contributed by atoms with E-state index in [1.165, 1.54) is 32.1 Å². The SMILES string of the molecule is O=C(Cc1[nH]nc2ccccc12)NCc1nncn1C1CCCCC1. The molecule has 7 heteroatoms. The molecule has 0 spiro atoms. The molecule has 1 amide bonds. The Morgan fingerprint density at radius 3 is 2.96 bits per heavy atom. The van der Waals surface area contributed by atoms with Crippen LogP contribution in [0.25, 0.3) is 10.9 Å². The third-order valence-corrected chi connectivity index (χ3v) is 4.94. The molecule has 1 aliphatic rings. The molecule has 4 rings (SSSR count). The highest BCUT2D eigenvalue weighted by molar-refractivity contribution is 5.87. The van der Waals surface area contributed by atoms with Gasteiger partial charge >= 0.3 is 0 Å². The summed E-state index contributed by atoms with van der Waals surface area (Å²) in [5.74, 6) is 0.780. The van der Waals surface area contributed by atoms with Crippen molar-refractivity contribution in [2.45, 2.75) is 51.1 Å². The third-order valence-electron chi connectivity index (χ3n) is 4.94. The van der Waals surface area contributed by atoms with E-state index in [4.69, 9.17) is 0 Å². The molecule has 1 saturated carbocycles. The van der Waals surface area contributed by atoms with E-state index in [0.29, 0.717) is 12.6 Å². The van der Waals surface area contributed by atoms with Crippen molar-refractivity contribution in [1.29, 1.82) is 0 Å². The van der Waals surface area contributed by atoms with Gasteiger partial charge in [-0.25, -0.2) is 0 Å². The maximum atomic E-state index is 12.3. The molecule has 2 N–H and O–H groups in total. The van der Waals surface area contributed by atoms with E-state index >= 15 is 0 Å². The third kappa shape index (κ3) is 3.40. The van der Waals surface area contributed by atoms with Gasteiger partial charge in [0.1, 0.15) is 6.33 Å². The van der Waals surface area contributed by atoms with Gasteiger partial charge in [0.05, 0.1) is 24.2 Å². The number of nitrogens with zero attached hydrogens (tertiary/aromatic N) is 4. The molecule has 0 saturated heterocycles. The van der Waals surface area contributed by atoms with E-state index in [9.17, 15) is 4.79 Å². The van der Waals surface area contributed by atoms with Crippen LogP contribution in [-0.4, -0.2) is 30.9 Å². The summed E-state index contributed by atoms with van der Waals surface area (Å²) in [7, 11) is 0. The van der Waals surface area contributed by atoms with E-state index in [0.717, 1.165) is 22.4 Å². The molecule has 0 unspecified atom stereocenters. The fraction of sp³-hybridized carbons (Fsp3) is 0.444. The molecule has 0 atom stereocenters. The maximum absolute atomic E-state index is 12.3. The summed E-state index contributed by atoms with van der Waals surface area (Å²) in [5, 5.41) is 19.4. The maximum Gasteiger partial charge on any atom is 0.226 e. The zero-order valence-corrected chi connectivity index (χ0v) is 14.1. The van der Waals surface area contributed by atoms with Gasteiger partial charge in [-0.15, -0.1) is 10.2 Å². The van der Waals surface area contributed by atoms with Gasteiger partial charge < -0.3 is 9.88 Å². The highest BCUT2D eigenvalue weighted by Crippen LogP contribution is 2.28. The van der Waals surface area contributed by atoms with Crippen molar-refractivity contribution in [2.75, 3.05) is 0 Å². The molecular weight excluding hydrogens is 316 g/mol. The Kier molecular flexibility index (Phi) is 4.45. The topological polar surface area (TPSA) is 88.5 Å². The first-order valence-electron chi connectivity index (χ1n) is 8.88. The summed E-state index contributed by atoms with van der Waals surface area (Å²) in [6.07, 6.45) is 8.21. The second kappa shape index (κ2) is 7.04. The molecule has 7 nitrogen and oxygen atoms in total. The molecule has 130 valence electrons. The number of carbonyl (C=O) groups excluding carboxylic acids is 1. The van der Waals surface area contributed by atoms with Crippen molar-refractivity contribution in [3.63, 3.8) is 0 Å². The summed E-state index contributed by atoms with van der Waals surface area (Å²) in [6.45, 7) is 0.404. The normalized spacial score (nSPS) is 15.5. The number of aromatic amines is 1. The van der Waals surface area contributed by atoms with Crippen LogP contribution in [0.3, 0.4) is 0 Å². The van der Waals surface area contributed by atoms with Gasteiger partial charge in [0.2, 0.25) is 5.91 Å². The number of nitrogens with one attached hydrogen (secondary N) is 2. The number of carbonyl (C=O) groups is 1. The van der Waals surface area contributed by atoms with Crippen molar-refractivity contribution in [1.82, 2.24) is 30.3 Å². The Balaban J connectivity index is 1.38. The number of rotatable bonds is 5. The van der Waals surface area contributed by atoms with Crippen molar-refractivity contribution in [3.05, 3.63) is 42.1 Å². The Hall–Kier alpha value is -2.70. The van der Waals surface area contributed by atoms with E-state index in [1.54, 1.807) is 6.33 Å². The van der Waals surface area contributed by atoms with Crippen molar-refractivity contribution in [2.24, 2.45) is 0 Å². The molecule has 2 heterocycles. The van der Waals surface area contributed by atoms with Crippen molar-refractivity contribution in [3.8, 4) is 0 Å². The lowest BCUT2D eigenvalue weighted by Crippen LogP contribution is -2.27. The fourth-order valence-electron chi connectivity index (χ4n) is 3.61. The predicted octanol–water partition coefficient (Wildman–Crippen LogP) is 2.52. The van der Waals surface area contributed by atoms with E-state index < -0.39 is 0 Å². The molecule has 1 fully saturated rings. The van der Waals surface area contributed by atoms with Crippen LogP contribution in [0.15, 0.2) is 30.6 Å². The van der Waals surface area contributed by atoms with Gasteiger partial charge in [0.15, 0.2) is 5.82 Å². The van der Waals surface area contributed by atoms with Crippen LogP contribution in [0.2, 0.25) is 0 Å². The second-order valence-corrected chi connectivity index (χ2v) is 6.62. The Morgan fingerprint density at radius 2 is 2.08 bits per heavy atom. The highest BCUT2D eigenvalue weighted by Gasteiger charge is 2.19. The molecule has 1 aromatic carbocycles. The van der Waals surface area contributed by atoms with E-state index in [-0.39, 0.29) is 12.3 Å². The number of hydrogen-bond acceptors (Lipinski definition) is 4. The van der Waals surface area contributed by atoms with E-state index in [1.807, 2.05) is 24.3 Å². The minimum Gasteiger partial charge on any atom is -0.348 e. The lowest BCUT2D eigenvalue weighted by atomic mass is 9.95. The van der Waals surface area contributed by atoms with Crippen LogP contribution in [0.5, 0.6) is 0 Å². The number of fused-ring (bicyclic) bond motifs is 1. The molecule has 25 heavy (non-hydrogen) atoms. The van der Waals surface area contributed by atoms with Gasteiger partial charge in [0.25, 0.3) is 0 Å². The van der Waals surface area contributed by atoms with Crippen molar-refractivity contribution < 1.29 is 4.79 Å². The largest absolute Gasteiger partial charge is 0.348 e. The van der Waals surface area contributed by atoms with E-state index in [2.05, 4.69) is 30.3 Å². The zero-order chi connectivity index (χ0) is 17.1. The Bertz CT molecular complexity index is 861. The number of aromatic nitrogens is 5. The van der Waals surface area contributed by atoms with Gasteiger partial charge in [-0.3, -0.25) is 9.89 Å². The number of para-hydroxylation sites is 1. The minimum atomic E-state index is -0.0485. The van der Waals surface area contributed by atoms with Gasteiger partial charge in [-0.2, -0.15) is 5.10 Å². The standard InChI is InChI=1S/C18H22N6O/c25-18(10-16-14-8-4-5-9-15(14)21-22-16)19-11-17-23-20-12-24(17)13-6-2-1-3-7-13/h4-5,8-9,12-13H,1-3,6-7,10-11H2,(H,19,25)(H,21,22). The molecule has 1 aliphatic carbocycles. The van der Waals surface area contributed by atoms with Gasteiger partial charge in [-0.1, -0.05) is 37.5 Å². The van der Waals surface area contributed by atoms with Crippen molar-refractivity contribution >= 4 is 16.8 Å². The minimum absolute atomic E-state index is 0.0485. The lowest BCUT2D eigenvalue weighted by Gasteiger charge is -2.24. The van der Waals surface area contributed by atoms with Crippen LogP contribution >= 0.6 is 0 Å². The van der Waals surface area contributed by atoms with Crippen LogP contribution in [-0.2, 0) is 17.8 Å². The summed E-state index contributed by atoms with van der Waals surface area (Å²) in [5.41, 5.74) is 1.71. The smallest absolute Gasteiger partial charge is 0.226 e. The lowest BCUT2D eigenvalue weighted by molar-refractivity contribution is -0.120. The van der Waals surface area contributed by atoms with Crippen LogP contribution in [0, 0.1) is 0 Å². The summed E-state index contributed by atoms with van der Waals surface area (Å²) < 4.78 is 2.13. The molecule has 0 bridgehead atoms. The van der Waals surface area contributed by atoms with Crippen LogP contribution in [0.4, 0.5) is 0 Å². The summed E-state index contributed by atoms with van der Waals surface area (Å²) >= 11 is 0. The van der Waals surface area contributed by atoms with Crippen LogP contribution < -0.4 is 5.32 Å². The average Bonchev–Trinajstić information content (AvgIpc) is 3.28. The quantitative estimate of drug-likeness (QED) is 0.748. The summed E-state index contributed by atoms with van der Waals surface area (Å²) in [4.78, 5) is 12.3. The second-order valence-electron chi connectivity index (χ2n) is 6.62. The first-order chi connectivity index (χ1) is 12.3. The fourth-order valence-corrected chi connectivity index (χ4v) is 3.61. The number of amides is 1. The Labute approximate surface area is 145 Å². The first kappa shape index (κ1) is 15.8. The number of H-pyrrole nitrogens is 1. The first-order valence-corrected chi connectivity index (χ1v) is 8.88. The number of hydrogen-bond donors (Lipinski definition) is 2. The number of benzene rings is 1. The zero-order valence-electron chi connectivity index (χ0n) is 14.1. The Morgan fingerprint density at radius 1 is 1.24 bits per heavy atom. The predicted molar refractivity (Wildman–Crippen MR) is 93.8 cm³/mol. The molecule has 0 aliphatic heterocycles. The van der Waals surface area contributed by atoms with Gasteiger partial charge in [-0.05, 0) is 18.9 Å². The van der Waals surface area contributed by atoms with Gasteiger partial charge in [0, 0.05) is 11.4 Å².